The second-order valence-corrected chi connectivity index (χ2v) is 7.58. The SMILES string of the molecule is O=C(NCC(CO)c1cccc(Cl)c1)OCC1c2ccccc2-c2ccccc21. The highest BCUT2D eigenvalue weighted by Crippen LogP contribution is 2.44. The third-order valence-corrected chi connectivity index (χ3v) is 5.61. The molecule has 1 aliphatic rings. The number of carbonyl (C=O) groups excluding carboxylic acids is 1. The predicted octanol–water partition coefficient (Wildman–Crippen LogP) is 4.95. The first-order chi connectivity index (χ1) is 14.2. The van der Waals surface area contributed by atoms with E-state index in [1.165, 1.54) is 22.3 Å². The van der Waals surface area contributed by atoms with Crippen molar-refractivity contribution in [2.75, 3.05) is 19.8 Å². The lowest BCUT2D eigenvalue weighted by Crippen LogP contribution is -2.31. The van der Waals surface area contributed by atoms with E-state index in [9.17, 15) is 9.90 Å². The van der Waals surface area contributed by atoms with Crippen LogP contribution in [0.15, 0.2) is 72.8 Å². The van der Waals surface area contributed by atoms with Gasteiger partial charge in [0.15, 0.2) is 0 Å². The molecule has 1 atom stereocenters. The molecule has 3 aromatic carbocycles. The monoisotopic (exact) mass is 407 g/mol. The van der Waals surface area contributed by atoms with E-state index in [4.69, 9.17) is 16.3 Å². The fourth-order valence-corrected chi connectivity index (χ4v) is 4.10. The summed E-state index contributed by atoms with van der Waals surface area (Å²) in [6.45, 7) is 0.443. The van der Waals surface area contributed by atoms with Crippen molar-refractivity contribution in [3.8, 4) is 11.1 Å². The van der Waals surface area contributed by atoms with Crippen molar-refractivity contribution in [2.24, 2.45) is 0 Å². The second-order valence-electron chi connectivity index (χ2n) is 7.14. The van der Waals surface area contributed by atoms with Crippen LogP contribution in [0.5, 0.6) is 0 Å². The zero-order chi connectivity index (χ0) is 20.2. The Morgan fingerprint density at radius 3 is 2.28 bits per heavy atom. The van der Waals surface area contributed by atoms with Gasteiger partial charge in [-0.05, 0) is 39.9 Å². The molecule has 0 radical (unpaired) electrons. The fourth-order valence-electron chi connectivity index (χ4n) is 3.90. The van der Waals surface area contributed by atoms with Gasteiger partial charge in [0.25, 0.3) is 0 Å². The lowest BCUT2D eigenvalue weighted by atomic mass is 9.98. The topological polar surface area (TPSA) is 58.6 Å². The van der Waals surface area contributed by atoms with Gasteiger partial charge >= 0.3 is 6.09 Å². The standard InChI is InChI=1S/C24H22ClNO3/c25-18-7-5-6-16(12-18)17(14-27)13-26-24(28)29-15-23-21-10-3-1-8-19(21)20-9-2-4-11-22(20)23/h1-12,17,23,27H,13-15H2,(H,26,28). The Labute approximate surface area is 175 Å². The highest BCUT2D eigenvalue weighted by atomic mass is 35.5. The quantitative estimate of drug-likeness (QED) is 0.607. The van der Waals surface area contributed by atoms with Crippen LogP contribution in [0.4, 0.5) is 4.79 Å². The van der Waals surface area contributed by atoms with Crippen molar-refractivity contribution >= 4 is 17.7 Å². The Balaban J connectivity index is 1.39. The smallest absolute Gasteiger partial charge is 0.407 e. The highest BCUT2D eigenvalue weighted by Gasteiger charge is 2.29. The molecule has 3 aromatic rings. The number of hydrogen-bond donors (Lipinski definition) is 2. The van der Waals surface area contributed by atoms with Gasteiger partial charge in [-0.15, -0.1) is 0 Å². The number of alkyl carbamates (subject to hydrolysis) is 1. The Morgan fingerprint density at radius 2 is 1.66 bits per heavy atom. The normalized spacial score (nSPS) is 13.4. The third kappa shape index (κ3) is 4.14. The van der Waals surface area contributed by atoms with E-state index in [2.05, 4.69) is 29.6 Å². The highest BCUT2D eigenvalue weighted by molar-refractivity contribution is 6.30. The van der Waals surface area contributed by atoms with Crippen molar-refractivity contribution in [3.63, 3.8) is 0 Å². The molecular weight excluding hydrogens is 386 g/mol. The predicted molar refractivity (Wildman–Crippen MR) is 114 cm³/mol. The average molecular weight is 408 g/mol. The minimum atomic E-state index is -0.493. The number of halogens is 1. The first-order valence-electron chi connectivity index (χ1n) is 9.62. The first-order valence-corrected chi connectivity index (χ1v) is 10.0. The van der Waals surface area contributed by atoms with Crippen LogP contribution in [0, 0.1) is 0 Å². The lowest BCUT2D eigenvalue weighted by Gasteiger charge is -2.17. The van der Waals surface area contributed by atoms with Crippen molar-refractivity contribution in [2.45, 2.75) is 11.8 Å². The van der Waals surface area contributed by atoms with Crippen LogP contribution < -0.4 is 5.32 Å². The number of benzene rings is 3. The fraction of sp³-hybridized carbons (Fsp3) is 0.208. The largest absolute Gasteiger partial charge is 0.449 e. The third-order valence-electron chi connectivity index (χ3n) is 5.38. The van der Waals surface area contributed by atoms with Crippen LogP contribution in [0.25, 0.3) is 11.1 Å². The molecule has 4 nitrogen and oxygen atoms in total. The van der Waals surface area contributed by atoms with E-state index in [0.717, 1.165) is 5.56 Å². The van der Waals surface area contributed by atoms with Gasteiger partial charge in [0.05, 0.1) is 6.61 Å². The summed E-state index contributed by atoms with van der Waals surface area (Å²) in [5.74, 6) is -0.219. The molecule has 0 spiro atoms. The molecule has 0 fully saturated rings. The molecule has 5 heteroatoms. The summed E-state index contributed by atoms with van der Waals surface area (Å²) < 4.78 is 5.54. The van der Waals surface area contributed by atoms with Gasteiger partial charge in [-0.2, -0.15) is 0 Å². The Kier molecular flexibility index (Phi) is 5.84. The number of hydrogen-bond acceptors (Lipinski definition) is 3. The zero-order valence-corrected chi connectivity index (χ0v) is 16.6. The van der Waals surface area contributed by atoms with Gasteiger partial charge in [-0.3, -0.25) is 0 Å². The van der Waals surface area contributed by atoms with Crippen LogP contribution in [-0.4, -0.2) is 31.0 Å². The van der Waals surface area contributed by atoms with Gasteiger partial charge in [-0.1, -0.05) is 72.3 Å². The molecule has 0 aromatic heterocycles. The van der Waals surface area contributed by atoms with Crippen molar-refractivity contribution in [3.05, 3.63) is 94.5 Å². The van der Waals surface area contributed by atoms with E-state index in [-0.39, 0.29) is 31.6 Å². The molecule has 4 rings (SSSR count). The number of amides is 1. The summed E-state index contributed by atoms with van der Waals surface area (Å²) in [6.07, 6.45) is -0.493. The van der Waals surface area contributed by atoms with Crippen LogP contribution in [0.3, 0.4) is 0 Å². The molecule has 29 heavy (non-hydrogen) atoms. The van der Waals surface area contributed by atoms with Gasteiger partial charge in [-0.25, -0.2) is 4.79 Å². The lowest BCUT2D eigenvalue weighted by molar-refractivity contribution is 0.141. The number of fused-ring (bicyclic) bond motifs is 3. The van der Waals surface area contributed by atoms with Crippen molar-refractivity contribution in [1.82, 2.24) is 5.32 Å². The van der Waals surface area contributed by atoms with Crippen LogP contribution in [0.2, 0.25) is 5.02 Å². The number of aliphatic hydroxyl groups is 1. The van der Waals surface area contributed by atoms with E-state index in [1.54, 1.807) is 12.1 Å². The summed E-state index contributed by atoms with van der Waals surface area (Å²) in [5, 5.41) is 13.0. The molecule has 1 aliphatic carbocycles. The second kappa shape index (κ2) is 8.68. The number of ether oxygens (including phenoxy) is 1. The van der Waals surface area contributed by atoms with Gasteiger partial charge < -0.3 is 15.2 Å². The summed E-state index contributed by atoms with van der Waals surface area (Å²) >= 11 is 6.02. The van der Waals surface area contributed by atoms with E-state index >= 15 is 0 Å². The molecule has 2 N–H and O–H groups in total. The molecule has 0 saturated carbocycles. The summed E-state index contributed by atoms with van der Waals surface area (Å²) in [7, 11) is 0. The summed E-state index contributed by atoms with van der Waals surface area (Å²) in [4.78, 5) is 12.3. The molecule has 0 saturated heterocycles. The van der Waals surface area contributed by atoms with Crippen LogP contribution in [-0.2, 0) is 4.74 Å². The maximum absolute atomic E-state index is 12.3. The van der Waals surface area contributed by atoms with Gasteiger partial charge in [0.1, 0.15) is 6.61 Å². The number of carbonyl (C=O) groups is 1. The molecule has 148 valence electrons. The van der Waals surface area contributed by atoms with E-state index in [1.807, 2.05) is 36.4 Å². The van der Waals surface area contributed by atoms with Gasteiger partial charge in [0, 0.05) is 23.4 Å². The average Bonchev–Trinajstić information content (AvgIpc) is 3.07. The molecule has 0 aliphatic heterocycles. The summed E-state index contributed by atoms with van der Waals surface area (Å²) in [6, 6.07) is 23.7. The molecule has 0 bridgehead atoms. The summed E-state index contributed by atoms with van der Waals surface area (Å²) in [5.41, 5.74) is 5.61. The Bertz CT molecular complexity index is 975. The maximum atomic E-state index is 12.3. The number of aliphatic hydroxyl groups excluding tert-OH is 1. The Hall–Kier alpha value is -2.82. The van der Waals surface area contributed by atoms with E-state index < -0.39 is 6.09 Å². The van der Waals surface area contributed by atoms with Gasteiger partial charge in [0.2, 0.25) is 0 Å². The molecular formula is C24H22ClNO3. The number of rotatable bonds is 6. The van der Waals surface area contributed by atoms with Crippen molar-refractivity contribution in [1.29, 1.82) is 0 Å². The van der Waals surface area contributed by atoms with E-state index in [0.29, 0.717) is 5.02 Å². The first kappa shape index (κ1) is 19.5. The minimum Gasteiger partial charge on any atom is -0.449 e. The molecule has 1 unspecified atom stereocenters. The maximum Gasteiger partial charge on any atom is 0.407 e. The van der Waals surface area contributed by atoms with Crippen LogP contribution >= 0.6 is 11.6 Å². The number of nitrogens with one attached hydrogen (secondary N) is 1. The molecule has 1 amide bonds. The zero-order valence-electron chi connectivity index (χ0n) is 15.8. The Morgan fingerprint density at radius 1 is 1.00 bits per heavy atom. The van der Waals surface area contributed by atoms with Crippen LogP contribution in [0.1, 0.15) is 28.5 Å². The van der Waals surface area contributed by atoms with Crippen molar-refractivity contribution < 1.29 is 14.6 Å². The minimum absolute atomic E-state index is 0.0229. The molecule has 0 heterocycles.